The number of ether oxygens (including phenoxy) is 4. The molecule has 6 unspecified atom stereocenters. The lowest BCUT2D eigenvalue weighted by Crippen LogP contribution is -2.60. The van der Waals surface area contributed by atoms with Gasteiger partial charge < -0.3 is 34.3 Å². The molecule has 4 N–H and O–H groups in total. The zero-order valence-corrected chi connectivity index (χ0v) is 35.1. The summed E-state index contributed by atoms with van der Waals surface area (Å²) in [6.45, 7) is 3.74. The van der Waals surface area contributed by atoms with Crippen LogP contribution in [-0.2, 0) is 38.7 Å². The Balaban J connectivity index is 2.47. The Labute approximate surface area is 333 Å². The molecule has 0 aliphatic carbocycles. The van der Waals surface area contributed by atoms with Crippen LogP contribution in [0, 0.1) is 0 Å². The summed E-state index contributed by atoms with van der Waals surface area (Å²) < 4.78 is 53.9. The minimum Gasteiger partial charge on any atom is -0.462 e. The van der Waals surface area contributed by atoms with Gasteiger partial charge in [0.2, 0.25) is 0 Å². The maximum atomic E-state index is 12.8. The molecule has 0 aromatic carbocycles. The van der Waals surface area contributed by atoms with Gasteiger partial charge in [0.1, 0.15) is 36.8 Å². The fourth-order valence-electron chi connectivity index (χ4n) is 6.67. The van der Waals surface area contributed by atoms with Crippen LogP contribution in [0.3, 0.4) is 0 Å². The van der Waals surface area contributed by atoms with Crippen molar-refractivity contribution in [3.63, 3.8) is 0 Å². The second kappa shape index (κ2) is 33.4. The molecular formula is C42H78O12S. The number of hydrogen-bond acceptors (Lipinski definition) is 11. The van der Waals surface area contributed by atoms with Crippen molar-refractivity contribution in [1.82, 2.24) is 0 Å². The van der Waals surface area contributed by atoms with Crippen molar-refractivity contribution in [3.05, 3.63) is 12.2 Å². The molecule has 13 heteroatoms. The van der Waals surface area contributed by atoms with E-state index in [4.69, 9.17) is 18.9 Å². The highest BCUT2D eigenvalue weighted by atomic mass is 32.2. The number of esters is 2. The standard InChI is InChI=1S/C42H78O12S/c1-3-5-7-9-11-13-15-16-17-18-19-21-23-25-27-29-31-38(44)53-35(32-51-37(43)30-28-26-24-22-20-14-12-10-8-6-4-2)33-52-42-41(47)40(46)39(45)36(54-42)34-55(48,49)50/h17-18,35-36,39-42,45-47H,3-16,19-34H2,1-2H3,(H,48,49,50)/b18-17-. The second-order valence-electron chi connectivity index (χ2n) is 15.4. The Morgan fingerprint density at radius 1 is 0.600 bits per heavy atom. The van der Waals surface area contributed by atoms with Gasteiger partial charge in [0, 0.05) is 12.8 Å². The molecule has 1 aliphatic rings. The molecule has 1 aliphatic heterocycles. The van der Waals surface area contributed by atoms with Gasteiger partial charge >= 0.3 is 11.9 Å². The molecule has 0 spiro atoms. The van der Waals surface area contributed by atoms with Crippen molar-refractivity contribution in [3.8, 4) is 0 Å². The predicted octanol–water partition coefficient (Wildman–Crippen LogP) is 8.28. The van der Waals surface area contributed by atoms with Gasteiger partial charge in [-0.25, -0.2) is 0 Å². The fraction of sp³-hybridized carbons (Fsp3) is 0.905. The topological polar surface area (TPSA) is 186 Å². The minimum atomic E-state index is -4.60. The summed E-state index contributed by atoms with van der Waals surface area (Å²) in [6.07, 6.45) is 24.0. The van der Waals surface area contributed by atoms with Crippen LogP contribution in [0.2, 0.25) is 0 Å². The van der Waals surface area contributed by atoms with Gasteiger partial charge in [-0.2, -0.15) is 8.42 Å². The van der Waals surface area contributed by atoms with Crippen LogP contribution in [-0.4, -0.2) is 96.0 Å². The molecule has 1 heterocycles. The number of unbranched alkanes of at least 4 members (excludes halogenated alkanes) is 22. The first-order valence-electron chi connectivity index (χ1n) is 21.7. The van der Waals surface area contributed by atoms with E-state index in [9.17, 15) is 37.9 Å². The normalized spacial score (nSPS) is 20.9. The van der Waals surface area contributed by atoms with Crippen LogP contribution in [0.15, 0.2) is 12.2 Å². The predicted molar refractivity (Wildman–Crippen MR) is 215 cm³/mol. The summed E-state index contributed by atoms with van der Waals surface area (Å²) in [6, 6.07) is 0. The molecule has 1 saturated heterocycles. The van der Waals surface area contributed by atoms with Crippen molar-refractivity contribution in [1.29, 1.82) is 0 Å². The number of aliphatic hydroxyl groups is 3. The minimum absolute atomic E-state index is 0.158. The third-order valence-corrected chi connectivity index (χ3v) is 10.8. The molecular weight excluding hydrogens is 729 g/mol. The Kier molecular flexibility index (Phi) is 31.2. The highest BCUT2D eigenvalue weighted by Crippen LogP contribution is 2.24. The average Bonchev–Trinajstić information content (AvgIpc) is 3.14. The van der Waals surface area contributed by atoms with E-state index in [1.165, 1.54) is 89.9 Å². The Bertz CT molecular complexity index is 1080. The Morgan fingerprint density at radius 3 is 1.51 bits per heavy atom. The van der Waals surface area contributed by atoms with Gasteiger partial charge in [-0.05, 0) is 38.5 Å². The third-order valence-electron chi connectivity index (χ3n) is 10.1. The monoisotopic (exact) mass is 807 g/mol. The number of carbonyl (C=O) groups is 2. The first-order valence-corrected chi connectivity index (χ1v) is 23.4. The summed E-state index contributed by atoms with van der Waals surface area (Å²) in [7, 11) is -4.60. The summed E-state index contributed by atoms with van der Waals surface area (Å²) in [4.78, 5) is 25.3. The lowest BCUT2D eigenvalue weighted by Gasteiger charge is -2.40. The van der Waals surface area contributed by atoms with Crippen LogP contribution >= 0.6 is 0 Å². The number of hydrogen-bond donors (Lipinski definition) is 4. The van der Waals surface area contributed by atoms with Crippen molar-refractivity contribution in [2.45, 2.75) is 224 Å². The molecule has 1 fully saturated rings. The molecule has 1 rings (SSSR count). The Morgan fingerprint density at radius 2 is 1.04 bits per heavy atom. The summed E-state index contributed by atoms with van der Waals surface area (Å²) in [5, 5.41) is 30.8. The molecule has 12 nitrogen and oxygen atoms in total. The molecule has 0 aromatic rings. The van der Waals surface area contributed by atoms with E-state index in [0.29, 0.717) is 12.8 Å². The van der Waals surface area contributed by atoms with E-state index >= 15 is 0 Å². The van der Waals surface area contributed by atoms with E-state index < -0.39 is 71.2 Å². The molecule has 0 radical (unpaired) electrons. The molecule has 0 aromatic heterocycles. The fourth-order valence-corrected chi connectivity index (χ4v) is 7.36. The van der Waals surface area contributed by atoms with E-state index in [1.54, 1.807) is 0 Å². The first kappa shape index (κ1) is 51.4. The molecule has 0 saturated carbocycles. The van der Waals surface area contributed by atoms with Gasteiger partial charge in [-0.3, -0.25) is 14.1 Å². The van der Waals surface area contributed by atoms with E-state index in [2.05, 4.69) is 26.0 Å². The summed E-state index contributed by atoms with van der Waals surface area (Å²) in [5.74, 6) is -1.98. The van der Waals surface area contributed by atoms with E-state index in [-0.39, 0.29) is 19.4 Å². The summed E-state index contributed by atoms with van der Waals surface area (Å²) >= 11 is 0. The van der Waals surface area contributed by atoms with Crippen molar-refractivity contribution >= 4 is 22.1 Å². The zero-order chi connectivity index (χ0) is 40.6. The maximum Gasteiger partial charge on any atom is 0.306 e. The van der Waals surface area contributed by atoms with E-state index in [1.807, 2.05) is 0 Å². The van der Waals surface area contributed by atoms with Gasteiger partial charge in [-0.1, -0.05) is 148 Å². The number of rotatable bonds is 36. The SMILES string of the molecule is CCCCCCCCC/C=C\CCCCCCCC(=O)OC(COC(=O)CCCCCCCCCCCCC)COC1OC(CS(=O)(=O)O)C(O)C(O)C1O. The lowest BCUT2D eigenvalue weighted by atomic mass is 10.00. The Hall–Kier alpha value is -1.61. The highest BCUT2D eigenvalue weighted by Gasteiger charge is 2.46. The largest absolute Gasteiger partial charge is 0.462 e. The maximum absolute atomic E-state index is 12.8. The van der Waals surface area contributed by atoms with Gasteiger partial charge in [0.05, 0.1) is 6.61 Å². The molecule has 6 atom stereocenters. The lowest BCUT2D eigenvalue weighted by molar-refractivity contribution is -0.297. The van der Waals surface area contributed by atoms with Crippen LogP contribution in [0.25, 0.3) is 0 Å². The van der Waals surface area contributed by atoms with Gasteiger partial charge in [0.25, 0.3) is 10.1 Å². The van der Waals surface area contributed by atoms with E-state index in [0.717, 1.165) is 57.8 Å². The molecule has 0 bridgehead atoms. The molecule has 55 heavy (non-hydrogen) atoms. The smallest absolute Gasteiger partial charge is 0.306 e. The zero-order valence-electron chi connectivity index (χ0n) is 34.3. The first-order chi connectivity index (χ1) is 26.5. The van der Waals surface area contributed by atoms with Crippen LogP contribution in [0.1, 0.15) is 187 Å². The van der Waals surface area contributed by atoms with Crippen LogP contribution in [0.4, 0.5) is 0 Å². The van der Waals surface area contributed by atoms with Gasteiger partial charge in [0.15, 0.2) is 12.4 Å². The third kappa shape index (κ3) is 28.4. The van der Waals surface area contributed by atoms with Crippen molar-refractivity contribution in [2.75, 3.05) is 19.0 Å². The van der Waals surface area contributed by atoms with Crippen LogP contribution < -0.4 is 0 Å². The van der Waals surface area contributed by atoms with Gasteiger partial charge in [-0.15, -0.1) is 0 Å². The van der Waals surface area contributed by atoms with Crippen LogP contribution in [0.5, 0.6) is 0 Å². The van der Waals surface area contributed by atoms with Crippen molar-refractivity contribution in [2.24, 2.45) is 0 Å². The molecule has 0 amide bonds. The quantitative estimate of drug-likeness (QED) is 0.0206. The number of aliphatic hydroxyl groups excluding tert-OH is 3. The molecule has 324 valence electrons. The highest BCUT2D eigenvalue weighted by molar-refractivity contribution is 7.85. The number of allylic oxidation sites excluding steroid dienone is 2. The summed E-state index contributed by atoms with van der Waals surface area (Å²) in [5.41, 5.74) is 0. The average molecular weight is 807 g/mol. The number of carbonyl (C=O) groups excluding carboxylic acids is 2. The second-order valence-corrected chi connectivity index (χ2v) is 16.9. The van der Waals surface area contributed by atoms with Crippen molar-refractivity contribution < 1.29 is 56.8 Å².